The second-order valence-corrected chi connectivity index (χ2v) is 9.34. The smallest absolute Gasteiger partial charge is 0.208 e. The van der Waals surface area contributed by atoms with E-state index in [1.807, 2.05) is 6.20 Å². The summed E-state index contributed by atoms with van der Waals surface area (Å²) in [5.74, 6) is 0. The molecule has 1 aromatic heterocycles. The monoisotopic (exact) mass is 365 g/mol. The van der Waals surface area contributed by atoms with Gasteiger partial charge in [0, 0.05) is 49.3 Å². The van der Waals surface area contributed by atoms with Crippen molar-refractivity contribution in [1.82, 2.24) is 19.8 Å². The van der Waals surface area contributed by atoms with Crippen LogP contribution in [-0.2, 0) is 10.0 Å². The number of nitrogens with one attached hydrogen (secondary N) is 2. The number of sulfonamides is 1. The average molecular weight is 366 g/mol. The van der Waals surface area contributed by atoms with Gasteiger partial charge in [0.1, 0.15) is 0 Å². The predicted octanol–water partition coefficient (Wildman–Crippen LogP) is 1.32. The van der Waals surface area contributed by atoms with Gasteiger partial charge in [-0.3, -0.25) is 10.00 Å². The minimum atomic E-state index is -3.14. The van der Waals surface area contributed by atoms with Gasteiger partial charge >= 0.3 is 0 Å². The third kappa shape index (κ3) is 4.13. The van der Waals surface area contributed by atoms with Crippen molar-refractivity contribution in [1.29, 1.82) is 0 Å². The van der Waals surface area contributed by atoms with Crippen molar-refractivity contribution in [3.8, 4) is 0 Å². The highest BCUT2D eigenvalue weighted by atomic mass is 32.2. The van der Waals surface area contributed by atoms with Crippen molar-refractivity contribution in [3.63, 3.8) is 0 Å². The number of piperazine rings is 1. The maximum Gasteiger partial charge on any atom is 0.208 e. The van der Waals surface area contributed by atoms with E-state index in [0.717, 1.165) is 30.5 Å². The Bertz CT molecular complexity index is 859. The molecule has 1 fully saturated rings. The lowest BCUT2D eigenvalue weighted by atomic mass is 9.97. The Balaban J connectivity index is 1.74. The van der Waals surface area contributed by atoms with Gasteiger partial charge in [-0.05, 0) is 38.5 Å². The van der Waals surface area contributed by atoms with Gasteiger partial charge < -0.3 is 4.90 Å². The molecule has 1 saturated heterocycles. The fraction of sp³-hybridized carbons (Fsp3) is 0.588. The number of benzene rings is 1. The van der Waals surface area contributed by atoms with Crippen LogP contribution in [0.2, 0.25) is 0 Å². The van der Waals surface area contributed by atoms with Gasteiger partial charge in [0.2, 0.25) is 10.0 Å². The van der Waals surface area contributed by atoms with Crippen LogP contribution in [0, 0.1) is 6.92 Å². The molecule has 0 saturated carbocycles. The molecule has 2 heterocycles. The summed E-state index contributed by atoms with van der Waals surface area (Å²) in [7, 11) is -3.14. The number of aromatic amines is 1. The molecule has 2 N–H and O–H groups in total. The second kappa shape index (κ2) is 6.59. The predicted molar refractivity (Wildman–Crippen MR) is 102 cm³/mol. The first-order valence-electron chi connectivity index (χ1n) is 8.54. The summed E-state index contributed by atoms with van der Waals surface area (Å²) in [5.41, 5.74) is 3.44. The van der Waals surface area contributed by atoms with Gasteiger partial charge in [-0.15, -0.1) is 0 Å². The van der Waals surface area contributed by atoms with Crippen LogP contribution in [0.5, 0.6) is 0 Å². The fourth-order valence-corrected chi connectivity index (χ4v) is 4.07. The molecule has 0 spiro atoms. The first-order chi connectivity index (χ1) is 11.7. The van der Waals surface area contributed by atoms with Crippen molar-refractivity contribution < 1.29 is 8.42 Å². The highest BCUT2D eigenvalue weighted by Gasteiger charge is 2.34. The number of hydrogen-bond acceptors (Lipinski definition) is 5. The number of aromatic nitrogens is 2. The Morgan fingerprint density at radius 2 is 2.08 bits per heavy atom. The van der Waals surface area contributed by atoms with E-state index in [1.165, 1.54) is 17.5 Å². The Kier molecular flexibility index (Phi) is 4.78. The number of hydrogen-bond donors (Lipinski definition) is 2. The highest BCUT2D eigenvalue weighted by Crippen LogP contribution is 2.31. The summed E-state index contributed by atoms with van der Waals surface area (Å²) >= 11 is 0. The van der Waals surface area contributed by atoms with E-state index >= 15 is 0 Å². The van der Waals surface area contributed by atoms with Crippen molar-refractivity contribution >= 4 is 26.6 Å². The molecule has 1 aromatic carbocycles. The quantitative estimate of drug-likeness (QED) is 0.835. The van der Waals surface area contributed by atoms with E-state index in [9.17, 15) is 8.42 Å². The fourth-order valence-electron chi connectivity index (χ4n) is 3.61. The molecule has 3 rings (SSSR count). The standard InChI is InChI=1S/C17H27N5O2S/c1-13-9-15-14(11-18-20-15)16(10-13)21-7-8-22(17(2,3)12-21)6-5-19-25(4,23)24/h9-11,19H,5-8,12H2,1-4H3,(H,18,20). The van der Waals surface area contributed by atoms with Gasteiger partial charge in [-0.1, -0.05) is 0 Å². The Morgan fingerprint density at radius 1 is 1.32 bits per heavy atom. The van der Waals surface area contributed by atoms with Gasteiger partial charge in [0.25, 0.3) is 0 Å². The Labute approximate surface area is 149 Å². The number of anilines is 1. The molecule has 7 nitrogen and oxygen atoms in total. The molecule has 1 aliphatic heterocycles. The van der Waals surface area contributed by atoms with E-state index in [2.05, 4.69) is 57.6 Å². The van der Waals surface area contributed by atoms with Gasteiger partial charge in [-0.25, -0.2) is 13.1 Å². The molecule has 0 amide bonds. The van der Waals surface area contributed by atoms with Crippen molar-refractivity contribution in [2.45, 2.75) is 26.3 Å². The van der Waals surface area contributed by atoms with E-state index in [1.54, 1.807) is 0 Å². The van der Waals surface area contributed by atoms with Gasteiger partial charge in [0.15, 0.2) is 0 Å². The SMILES string of the molecule is Cc1cc(N2CCN(CCNS(C)(=O)=O)C(C)(C)C2)c2cn[nH]c2c1. The maximum absolute atomic E-state index is 11.3. The topological polar surface area (TPSA) is 81.3 Å². The summed E-state index contributed by atoms with van der Waals surface area (Å²) in [6.45, 7) is 10.4. The third-order valence-electron chi connectivity index (χ3n) is 4.84. The van der Waals surface area contributed by atoms with Crippen LogP contribution in [0.1, 0.15) is 19.4 Å². The molecule has 0 unspecified atom stereocenters. The lowest BCUT2D eigenvalue weighted by molar-refractivity contribution is 0.107. The summed E-state index contributed by atoms with van der Waals surface area (Å²) in [6, 6.07) is 4.33. The zero-order valence-electron chi connectivity index (χ0n) is 15.3. The van der Waals surface area contributed by atoms with E-state index < -0.39 is 10.0 Å². The van der Waals surface area contributed by atoms with E-state index in [0.29, 0.717) is 13.1 Å². The molecule has 0 bridgehead atoms. The maximum atomic E-state index is 11.3. The minimum absolute atomic E-state index is 0.0444. The van der Waals surface area contributed by atoms with Crippen LogP contribution >= 0.6 is 0 Å². The Hall–Kier alpha value is -1.64. The number of rotatable bonds is 5. The molecular weight excluding hydrogens is 338 g/mol. The Morgan fingerprint density at radius 3 is 2.76 bits per heavy atom. The lowest BCUT2D eigenvalue weighted by Gasteiger charge is -2.48. The number of fused-ring (bicyclic) bond motifs is 1. The van der Waals surface area contributed by atoms with Crippen LogP contribution in [0.4, 0.5) is 5.69 Å². The van der Waals surface area contributed by atoms with Crippen molar-refractivity contribution in [2.75, 3.05) is 43.9 Å². The molecule has 8 heteroatoms. The molecule has 1 aliphatic rings. The molecule has 138 valence electrons. The summed E-state index contributed by atoms with van der Waals surface area (Å²) in [6.07, 6.45) is 3.09. The molecule has 2 aromatic rings. The van der Waals surface area contributed by atoms with Crippen LogP contribution < -0.4 is 9.62 Å². The number of nitrogens with zero attached hydrogens (tertiary/aromatic N) is 3. The van der Waals surface area contributed by atoms with E-state index in [4.69, 9.17) is 0 Å². The second-order valence-electron chi connectivity index (χ2n) is 7.50. The normalized spacial score (nSPS) is 18.8. The molecule has 25 heavy (non-hydrogen) atoms. The molecular formula is C17H27N5O2S. The largest absolute Gasteiger partial charge is 0.368 e. The zero-order chi connectivity index (χ0) is 18.2. The summed E-state index contributed by atoms with van der Waals surface area (Å²) in [4.78, 5) is 4.76. The minimum Gasteiger partial charge on any atom is -0.368 e. The first kappa shape index (κ1) is 18.2. The average Bonchev–Trinajstić information content (AvgIpc) is 2.94. The molecule has 0 radical (unpaired) electrons. The molecule has 0 aliphatic carbocycles. The van der Waals surface area contributed by atoms with Crippen LogP contribution in [0.3, 0.4) is 0 Å². The lowest BCUT2D eigenvalue weighted by Crippen LogP contribution is -2.60. The number of aryl methyl sites for hydroxylation is 1. The van der Waals surface area contributed by atoms with Crippen LogP contribution in [0.25, 0.3) is 10.9 Å². The van der Waals surface area contributed by atoms with Crippen molar-refractivity contribution in [2.24, 2.45) is 0 Å². The van der Waals surface area contributed by atoms with Gasteiger partial charge in [0.05, 0.1) is 18.0 Å². The number of H-pyrrole nitrogens is 1. The third-order valence-corrected chi connectivity index (χ3v) is 5.57. The zero-order valence-corrected chi connectivity index (χ0v) is 16.2. The van der Waals surface area contributed by atoms with Gasteiger partial charge in [-0.2, -0.15) is 5.10 Å². The highest BCUT2D eigenvalue weighted by molar-refractivity contribution is 7.88. The summed E-state index contributed by atoms with van der Waals surface area (Å²) < 4.78 is 25.1. The summed E-state index contributed by atoms with van der Waals surface area (Å²) in [5, 5.41) is 8.39. The first-order valence-corrected chi connectivity index (χ1v) is 10.4. The van der Waals surface area contributed by atoms with E-state index in [-0.39, 0.29) is 5.54 Å². The van der Waals surface area contributed by atoms with Crippen molar-refractivity contribution in [3.05, 3.63) is 23.9 Å². The molecule has 0 atom stereocenters. The van der Waals surface area contributed by atoms with Crippen LogP contribution in [-0.4, -0.2) is 68.0 Å². The van der Waals surface area contributed by atoms with Crippen LogP contribution in [0.15, 0.2) is 18.3 Å².